The van der Waals surface area contributed by atoms with Crippen LogP contribution in [0.1, 0.15) is 11.1 Å². The van der Waals surface area contributed by atoms with Gasteiger partial charge < -0.3 is 0 Å². The number of hydrogen-bond acceptors (Lipinski definition) is 0. The summed E-state index contributed by atoms with van der Waals surface area (Å²) in [5.41, 5.74) is 0.884. The molecule has 0 spiro atoms. The Labute approximate surface area is 144 Å². The molecule has 0 unspecified atom stereocenters. The fourth-order valence-corrected chi connectivity index (χ4v) is 4.42. The summed E-state index contributed by atoms with van der Waals surface area (Å²) in [5, 5.41) is 1.63. The molecule has 2 aromatic rings. The Bertz CT molecular complexity index is 627. The highest BCUT2D eigenvalue weighted by molar-refractivity contribution is 9.09. The molecule has 112 valence electrons. The molecular formula is C16H13Br2ClF2. The van der Waals surface area contributed by atoms with Gasteiger partial charge in [-0.1, -0.05) is 55.6 Å². The van der Waals surface area contributed by atoms with Gasteiger partial charge in [-0.15, -0.1) is 0 Å². The Morgan fingerprint density at radius 3 is 2.33 bits per heavy atom. The van der Waals surface area contributed by atoms with E-state index < -0.39 is 5.41 Å². The predicted molar refractivity (Wildman–Crippen MR) is 90.8 cm³/mol. The van der Waals surface area contributed by atoms with Gasteiger partial charge in [-0.05, 0) is 47.9 Å². The van der Waals surface area contributed by atoms with Gasteiger partial charge in [0.1, 0.15) is 11.6 Å². The van der Waals surface area contributed by atoms with E-state index in [0.717, 1.165) is 5.56 Å². The molecule has 0 amide bonds. The minimum Gasteiger partial charge on any atom is -0.207 e. The Morgan fingerprint density at radius 2 is 1.71 bits per heavy atom. The van der Waals surface area contributed by atoms with E-state index in [9.17, 15) is 8.78 Å². The largest absolute Gasteiger partial charge is 0.207 e. The van der Waals surface area contributed by atoms with E-state index in [1.165, 1.54) is 24.3 Å². The number of halogens is 5. The van der Waals surface area contributed by atoms with Crippen molar-refractivity contribution in [3.8, 4) is 0 Å². The van der Waals surface area contributed by atoms with E-state index in [-0.39, 0.29) is 11.6 Å². The molecule has 0 nitrogen and oxygen atoms in total. The zero-order valence-electron chi connectivity index (χ0n) is 11.1. The van der Waals surface area contributed by atoms with E-state index in [4.69, 9.17) is 11.6 Å². The normalized spacial score (nSPS) is 11.7. The summed E-state index contributed by atoms with van der Waals surface area (Å²) >= 11 is 12.9. The predicted octanol–water partition coefficient (Wildman–Crippen LogP) is 5.89. The maximum absolute atomic E-state index is 14.0. The van der Waals surface area contributed by atoms with E-state index in [1.54, 1.807) is 12.1 Å². The topological polar surface area (TPSA) is 0 Å². The van der Waals surface area contributed by atoms with E-state index >= 15 is 0 Å². The lowest BCUT2D eigenvalue weighted by molar-refractivity contribution is 0.517. The number of hydrogen-bond donors (Lipinski definition) is 0. The highest BCUT2D eigenvalue weighted by Crippen LogP contribution is 2.34. The highest BCUT2D eigenvalue weighted by Gasteiger charge is 2.32. The molecule has 5 heteroatoms. The van der Waals surface area contributed by atoms with Crippen LogP contribution in [0.2, 0.25) is 5.02 Å². The van der Waals surface area contributed by atoms with E-state index in [2.05, 4.69) is 31.9 Å². The number of rotatable bonds is 5. The van der Waals surface area contributed by atoms with Crippen molar-refractivity contribution in [1.29, 1.82) is 0 Å². The average Bonchev–Trinajstić information content (AvgIpc) is 2.48. The standard InChI is InChI=1S/C16H13Br2ClF2/c17-9-16(10-18,12-2-1-3-14(20)7-12)8-11-6-13(19)4-5-15(11)21/h1-7H,8-10H2. The first kappa shape index (κ1) is 16.9. The molecule has 0 N–H and O–H groups in total. The van der Waals surface area contributed by atoms with Crippen molar-refractivity contribution in [2.75, 3.05) is 10.7 Å². The van der Waals surface area contributed by atoms with Crippen LogP contribution in [0, 0.1) is 11.6 Å². The molecule has 21 heavy (non-hydrogen) atoms. The molecular weight excluding hydrogens is 425 g/mol. The molecule has 0 saturated heterocycles. The molecule has 0 aromatic heterocycles. The second-order valence-electron chi connectivity index (χ2n) is 4.97. The van der Waals surface area contributed by atoms with Crippen molar-refractivity contribution in [3.05, 3.63) is 70.2 Å². The summed E-state index contributed by atoms with van der Waals surface area (Å²) in [7, 11) is 0. The quantitative estimate of drug-likeness (QED) is 0.511. The van der Waals surface area contributed by atoms with Crippen LogP contribution in [0.4, 0.5) is 8.78 Å². The number of alkyl halides is 2. The molecule has 0 radical (unpaired) electrons. The molecule has 0 saturated carbocycles. The molecule has 0 atom stereocenters. The van der Waals surface area contributed by atoms with Gasteiger partial charge >= 0.3 is 0 Å². The zero-order chi connectivity index (χ0) is 15.5. The molecule has 2 rings (SSSR count). The lowest BCUT2D eigenvalue weighted by Gasteiger charge is -2.31. The van der Waals surface area contributed by atoms with Crippen LogP contribution in [0.3, 0.4) is 0 Å². The van der Waals surface area contributed by atoms with Crippen molar-refractivity contribution in [2.45, 2.75) is 11.8 Å². The van der Waals surface area contributed by atoms with Crippen molar-refractivity contribution in [3.63, 3.8) is 0 Å². The van der Waals surface area contributed by atoms with Crippen LogP contribution in [0.25, 0.3) is 0 Å². The Morgan fingerprint density at radius 1 is 1.00 bits per heavy atom. The van der Waals surface area contributed by atoms with Gasteiger partial charge in [0.25, 0.3) is 0 Å². The molecule has 0 aliphatic rings. The molecule has 0 aliphatic carbocycles. The first-order valence-electron chi connectivity index (χ1n) is 6.33. The third-order valence-electron chi connectivity index (χ3n) is 3.49. The first-order chi connectivity index (χ1) is 10.0. The van der Waals surface area contributed by atoms with Gasteiger partial charge in [0, 0.05) is 21.1 Å². The molecule has 0 fully saturated rings. The maximum Gasteiger partial charge on any atom is 0.126 e. The Kier molecular flexibility index (Phi) is 5.81. The number of benzene rings is 2. The SMILES string of the molecule is Fc1cccc(C(CBr)(CBr)Cc2cc(Cl)ccc2F)c1. The van der Waals surface area contributed by atoms with Crippen LogP contribution in [0.5, 0.6) is 0 Å². The van der Waals surface area contributed by atoms with Gasteiger partial charge in [0.15, 0.2) is 0 Å². The van der Waals surface area contributed by atoms with Crippen molar-refractivity contribution in [2.24, 2.45) is 0 Å². The van der Waals surface area contributed by atoms with Crippen LogP contribution >= 0.6 is 43.5 Å². The van der Waals surface area contributed by atoms with Gasteiger partial charge in [0.05, 0.1) is 0 Å². The second-order valence-corrected chi connectivity index (χ2v) is 6.53. The summed E-state index contributed by atoms with van der Waals surface area (Å²) in [6, 6.07) is 10.9. The fourth-order valence-electron chi connectivity index (χ4n) is 2.25. The smallest absolute Gasteiger partial charge is 0.126 e. The van der Waals surface area contributed by atoms with Crippen LogP contribution < -0.4 is 0 Å². The average molecular weight is 439 g/mol. The minimum absolute atomic E-state index is 0.301. The van der Waals surface area contributed by atoms with Crippen LogP contribution in [0.15, 0.2) is 42.5 Å². The van der Waals surface area contributed by atoms with Gasteiger partial charge in [-0.25, -0.2) is 8.78 Å². The second kappa shape index (κ2) is 7.21. The summed E-state index contributed by atoms with van der Waals surface area (Å²) in [5.74, 6) is -0.604. The lowest BCUT2D eigenvalue weighted by Crippen LogP contribution is -2.33. The van der Waals surface area contributed by atoms with E-state index in [1.807, 2.05) is 6.07 Å². The van der Waals surface area contributed by atoms with Crippen molar-refractivity contribution >= 4 is 43.5 Å². The minimum atomic E-state index is -0.451. The van der Waals surface area contributed by atoms with Crippen molar-refractivity contribution in [1.82, 2.24) is 0 Å². The Hall–Kier alpha value is -0.450. The summed E-state index contributed by atoms with van der Waals surface area (Å²) in [6.45, 7) is 0. The van der Waals surface area contributed by atoms with Crippen molar-refractivity contribution < 1.29 is 8.78 Å². The van der Waals surface area contributed by atoms with E-state index in [0.29, 0.717) is 27.7 Å². The van der Waals surface area contributed by atoms with Crippen LogP contribution in [-0.4, -0.2) is 10.7 Å². The van der Waals surface area contributed by atoms with Crippen LogP contribution in [-0.2, 0) is 11.8 Å². The summed E-state index contributed by atoms with van der Waals surface area (Å²) < 4.78 is 27.5. The zero-order valence-corrected chi connectivity index (χ0v) is 15.0. The monoisotopic (exact) mass is 436 g/mol. The Balaban J connectivity index is 2.45. The summed E-state index contributed by atoms with van der Waals surface area (Å²) in [4.78, 5) is 0. The molecule has 2 aromatic carbocycles. The lowest BCUT2D eigenvalue weighted by atomic mass is 9.79. The van der Waals surface area contributed by atoms with Gasteiger partial charge in [-0.3, -0.25) is 0 Å². The fraction of sp³-hybridized carbons (Fsp3) is 0.250. The molecule has 0 heterocycles. The third kappa shape index (κ3) is 3.85. The summed E-state index contributed by atoms with van der Waals surface area (Å²) in [6.07, 6.45) is 0.416. The molecule has 0 aliphatic heterocycles. The third-order valence-corrected chi connectivity index (χ3v) is 5.87. The first-order valence-corrected chi connectivity index (χ1v) is 8.95. The molecule has 0 bridgehead atoms. The highest BCUT2D eigenvalue weighted by atomic mass is 79.9. The van der Waals surface area contributed by atoms with Gasteiger partial charge in [0.2, 0.25) is 0 Å². The maximum atomic E-state index is 14.0. The van der Waals surface area contributed by atoms with Gasteiger partial charge in [-0.2, -0.15) is 0 Å².